The van der Waals surface area contributed by atoms with Crippen LogP contribution in [0.3, 0.4) is 0 Å². The largest absolute Gasteiger partial charge is 0.383 e. The highest BCUT2D eigenvalue weighted by molar-refractivity contribution is 9.10. The molecule has 0 spiro atoms. The maximum Gasteiger partial charge on any atom is 0.283 e. The number of halogens is 1. The molecule has 1 aliphatic heterocycles. The Morgan fingerprint density at radius 1 is 1.52 bits per heavy atom. The van der Waals surface area contributed by atoms with Crippen molar-refractivity contribution >= 4 is 21.6 Å². The molecule has 0 unspecified atom stereocenters. The van der Waals surface area contributed by atoms with E-state index >= 15 is 0 Å². The highest BCUT2D eigenvalue weighted by Crippen LogP contribution is 2.23. The van der Waals surface area contributed by atoms with Gasteiger partial charge in [-0.05, 0) is 47.8 Å². The van der Waals surface area contributed by atoms with Gasteiger partial charge in [0.05, 0.1) is 25.0 Å². The fraction of sp³-hybridized carbons (Fsp3) is 0.714. The summed E-state index contributed by atoms with van der Waals surface area (Å²) in [6, 6.07) is 0. The molecule has 2 rings (SSSR count). The van der Waals surface area contributed by atoms with E-state index in [4.69, 9.17) is 4.74 Å². The highest BCUT2D eigenvalue weighted by atomic mass is 79.9. The summed E-state index contributed by atoms with van der Waals surface area (Å²) in [7, 11) is 3.63. The van der Waals surface area contributed by atoms with E-state index in [-0.39, 0.29) is 5.56 Å². The number of nitrogens with one attached hydrogen (secondary N) is 1. The Hall–Kier alpha value is -0.920. The second kappa shape index (κ2) is 7.91. The minimum atomic E-state index is -0.110. The van der Waals surface area contributed by atoms with Gasteiger partial charge in [0.25, 0.3) is 5.56 Å². The predicted octanol–water partition coefficient (Wildman–Crippen LogP) is 1.09. The Balaban J connectivity index is 2.08. The van der Waals surface area contributed by atoms with Crippen LogP contribution in [0.2, 0.25) is 0 Å². The Kier molecular flexibility index (Phi) is 6.20. The van der Waals surface area contributed by atoms with Gasteiger partial charge in [-0.15, -0.1) is 0 Å². The lowest BCUT2D eigenvalue weighted by molar-refractivity contribution is 0.181. The number of hydrogen-bond acceptors (Lipinski definition) is 5. The average Bonchev–Trinajstić information content (AvgIpc) is 2.49. The van der Waals surface area contributed by atoms with E-state index in [1.165, 1.54) is 17.5 Å². The van der Waals surface area contributed by atoms with Gasteiger partial charge in [0.2, 0.25) is 0 Å². The summed E-state index contributed by atoms with van der Waals surface area (Å²) < 4.78 is 6.99. The Bertz CT molecular complexity index is 514. The number of methoxy groups -OCH3 is 1. The molecule has 0 atom stereocenters. The molecule has 21 heavy (non-hydrogen) atoms. The number of piperidine rings is 1. The first-order valence-corrected chi connectivity index (χ1v) is 8.09. The lowest BCUT2D eigenvalue weighted by atomic mass is 9.97. The smallest absolute Gasteiger partial charge is 0.283 e. The van der Waals surface area contributed by atoms with Gasteiger partial charge < -0.3 is 15.0 Å². The van der Waals surface area contributed by atoms with Crippen molar-refractivity contribution in [2.75, 3.05) is 45.3 Å². The molecule has 0 bridgehead atoms. The van der Waals surface area contributed by atoms with E-state index < -0.39 is 0 Å². The molecule has 0 radical (unpaired) electrons. The zero-order valence-corrected chi connectivity index (χ0v) is 14.2. The maximum absolute atomic E-state index is 12.3. The summed E-state index contributed by atoms with van der Waals surface area (Å²) in [5.41, 5.74) is 0.744. The van der Waals surface area contributed by atoms with Crippen molar-refractivity contribution in [2.24, 2.45) is 5.92 Å². The topological polar surface area (TPSA) is 59.4 Å². The Labute approximate surface area is 133 Å². The minimum Gasteiger partial charge on any atom is -0.383 e. The van der Waals surface area contributed by atoms with E-state index in [0.717, 1.165) is 25.3 Å². The van der Waals surface area contributed by atoms with Gasteiger partial charge in [0, 0.05) is 20.7 Å². The van der Waals surface area contributed by atoms with Gasteiger partial charge in [0.1, 0.15) is 4.47 Å². The molecule has 0 aromatic carbocycles. The van der Waals surface area contributed by atoms with Gasteiger partial charge in [-0.2, -0.15) is 5.10 Å². The van der Waals surface area contributed by atoms with Crippen molar-refractivity contribution in [3.05, 3.63) is 21.0 Å². The molecule has 0 amide bonds. The average molecular weight is 359 g/mol. The van der Waals surface area contributed by atoms with E-state index in [0.29, 0.717) is 23.5 Å². The molecule has 6 nitrogen and oxygen atoms in total. The van der Waals surface area contributed by atoms with E-state index in [1.807, 2.05) is 7.05 Å². The van der Waals surface area contributed by atoms with Gasteiger partial charge in [0.15, 0.2) is 0 Å². The third kappa shape index (κ3) is 4.28. The van der Waals surface area contributed by atoms with Crippen molar-refractivity contribution < 1.29 is 4.74 Å². The molecule has 0 aliphatic carbocycles. The minimum absolute atomic E-state index is 0.110. The molecule has 1 N–H and O–H groups in total. The first-order valence-electron chi connectivity index (χ1n) is 7.30. The van der Waals surface area contributed by atoms with Crippen LogP contribution in [0.4, 0.5) is 5.69 Å². The quantitative estimate of drug-likeness (QED) is 0.824. The number of nitrogens with zero attached hydrogens (tertiary/aromatic N) is 3. The van der Waals surface area contributed by atoms with Crippen LogP contribution >= 0.6 is 15.9 Å². The van der Waals surface area contributed by atoms with Crippen LogP contribution in [0.1, 0.15) is 12.8 Å². The van der Waals surface area contributed by atoms with Gasteiger partial charge in [-0.25, -0.2) is 4.68 Å². The monoisotopic (exact) mass is 358 g/mol. The zero-order chi connectivity index (χ0) is 15.2. The number of rotatable bonds is 6. The maximum atomic E-state index is 12.3. The first-order chi connectivity index (χ1) is 10.1. The van der Waals surface area contributed by atoms with E-state index in [9.17, 15) is 4.79 Å². The summed E-state index contributed by atoms with van der Waals surface area (Å²) in [6.07, 6.45) is 4.11. The van der Waals surface area contributed by atoms with Crippen LogP contribution in [0.5, 0.6) is 0 Å². The molecular weight excluding hydrogens is 336 g/mol. The normalized spacial score (nSPS) is 16.1. The standard InChI is InChI=1S/C14H23BrN4O2/c1-18(10-11-3-5-16-6-4-11)12-9-17-19(7-8-21-2)14(20)13(12)15/h9,11,16H,3-8,10H2,1-2H3. The van der Waals surface area contributed by atoms with Gasteiger partial charge >= 0.3 is 0 Å². The fourth-order valence-corrected chi connectivity index (χ4v) is 3.22. The second-order valence-corrected chi connectivity index (χ2v) is 6.23. The Morgan fingerprint density at radius 3 is 2.90 bits per heavy atom. The molecule has 1 aromatic heterocycles. The van der Waals surface area contributed by atoms with E-state index in [1.54, 1.807) is 13.3 Å². The molecule has 0 saturated carbocycles. The van der Waals surface area contributed by atoms with Crippen LogP contribution in [0.25, 0.3) is 0 Å². The van der Waals surface area contributed by atoms with Crippen LogP contribution < -0.4 is 15.8 Å². The van der Waals surface area contributed by atoms with E-state index in [2.05, 4.69) is 31.2 Å². The third-order valence-corrected chi connectivity index (χ3v) is 4.62. The number of ether oxygens (including phenoxy) is 1. The predicted molar refractivity (Wildman–Crippen MR) is 86.9 cm³/mol. The van der Waals surface area contributed by atoms with Crippen LogP contribution in [-0.4, -0.2) is 50.2 Å². The Morgan fingerprint density at radius 2 is 2.24 bits per heavy atom. The molecule has 1 aromatic rings. The molecule has 1 saturated heterocycles. The van der Waals surface area contributed by atoms with Crippen molar-refractivity contribution in [2.45, 2.75) is 19.4 Å². The third-order valence-electron chi connectivity index (χ3n) is 3.88. The summed E-state index contributed by atoms with van der Waals surface area (Å²) >= 11 is 3.42. The molecule has 118 valence electrons. The van der Waals surface area contributed by atoms with Crippen molar-refractivity contribution in [1.29, 1.82) is 0 Å². The molecule has 1 fully saturated rings. The van der Waals surface area contributed by atoms with Crippen LogP contribution in [-0.2, 0) is 11.3 Å². The van der Waals surface area contributed by atoms with Crippen LogP contribution in [0, 0.1) is 5.92 Å². The summed E-state index contributed by atoms with van der Waals surface area (Å²) in [4.78, 5) is 14.4. The molecular formula is C14H23BrN4O2. The van der Waals surface area contributed by atoms with Gasteiger partial charge in [-0.3, -0.25) is 4.79 Å². The number of anilines is 1. The lowest BCUT2D eigenvalue weighted by Crippen LogP contribution is -2.35. The second-order valence-electron chi connectivity index (χ2n) is 5.44. The van der Waals surface area contributed by atoms with Gasteiger partial charge in [-0.1, -0.05) is 0 Å². The summed E-state index contributed by atoms with van der Waals surface area (Å²) in [5, 5.41) is 7.60. The zero-order valence-electron chi connectivity index (χ0n) is 12.6. The SMILES string of the molecule is COCCn1ncc(N(C)CC2CCNCC2)c(Br)c1=O. The highest BCUT2D eigenvalue weighted by Gasteiger charge is 2.18. The fourth-order valence-electron chi connectivity index (χ4n) is 2.61. The van der Waals surface area contributed by atoms with Crippen molar-refractivity contribution in [3.63, 3.8) is 0 Å². The number of aromatic nitrogens is 2. The van der Waals surface area contributed by atoms with Crippen molar-refractivity contribution in [1.82, 2.24) is 15.1 Å². The summed E-state index contributed by atoms with van der Waals surface area (Å²) in [5.74, 6) is 0.666. The summed E-state index contributed by atoms with van der Waals surface area (Å²) in [6.45, 7) is 4.05. The molecule has 7 heteroatoms. The number of hydrogen-bond donors (Lipinski definition) is 1. The molecule has 2 heterocycles. The first kappa shape index (κ1) is 16.5. The molecule has 1 aliphatic rings. The van der Waals surface area contributed by atoms with Crippen LogP contribution in [0.15, 0.2) is 15.5 Å². The van der Waals surface area contributed by atoms with Crippen molar-refractivity contribution in [3.8, 4) is 0 Å². The lowest BCUT2D eigenvalue weighted by Gasteiger charge is -2.29.